The molecule has 5 rings (SSSR count). The number of rotatable bonds is 9. The monoisotopic (exact) mass is 594 g/mol. The average Bonchev–Trinajstić information content (AvgIpc) is 3.35. The van der Waals surface area contributed by atoms with E-state index in [1.165, 1.54) is 0 Å². The van der Waals surface area contributed by atoms with E-state index in [9.17, 15) is 24.3 Å². The molecule has 234 valence electrons. The molecule has 2 heterocycles. The summed E-state index contributed by atoms with van der Waals surface area (Å²) in [5, 5.41) is 16.3. The second-order valence-electron chi connectivity index (χ2n) is 14.3. The van der Waals surface area contributed by atoms with Gasteiger partial charge in [-0.2, -0.15) is 0 Å². The standard InChI is InChI=1S/C33H46N4O6/c1-32(2,3)28(23(39)17-38)36-30(41)27-25-20(33(25,4)5)16-37(27)31(42)26(18-11-8-7-9-12-18)35-29(40)22-15-19-21(34-22)13-10-14-24(19)43-6/h10,13-15,18,20,25-28,34,38H,7-9,11-12,16-17H2,1-6H3,(H,35,40)(H,36,41)/t20-,25-,26-,27-,28+/m0/s1. The number of amides is 3. The van der Waals surface area contributed by atoms with Crippen LogP contribution in [0.1, 0.15) is 77.2 Å². The third-order valence-electron chi connectivity index (χ3n) is 10.2. The minimum atomic E-state index is -0.893. The quantitative estimate of drug-likeness (QED) is 0.351. The molecule has 43 heavy (non-hydrogen) atoms. The first-order valence-electron chi connectivity index (χ1n) is 15.5. The van der Waals surface area contributed by atoms with Crippen LogP contribution in [0.5, 0.6) is 5.75 Å². The van der Waals surface area contributed by atoms with Crippen LogP contribution >= 0.6 is 0 Å². The third-order valence-corrected chi connectivity index (χ3v) is 10.2. The summed E-state index contributed by atoms with van der Waals surface area (Å²) in [6.07, 6.45) is 4.68. The number of methoxy groups -OCH3 is 1. The summed E-state index contributed by atoms with van der Waals surface area (Å²) in [5.74, 6) is -0.782. The Bertz CT molecular complexity index is 1400. The van der Waals surface area contributed by atoms with Crippen LogP contribution in [0.4, 0.5) is 0 Å². The van der Waals surface area contributed by atoms with Crippen LogP contribution in [0.25, 0.3) is 10.9 Å². The third kappa shape index (κ3) is 5.78. The number of nitrogens with zero attached hydrogens (tertiary/aromatic N) is 1. The van der Waals surface area contributed by atoms with Crippen LogP contribution in [0.3, 0.4) is 0 Å². The number of aromatic amines is 1. The second-order valence-corrected chi connectivity index (χ2v) is 14.3. The number of benzene rings is 1. The van der Waals surface area contributed by atoms with Gasteiger partial charge in [0.1, 0.15) is 30.1 Å². The highest BCUT2D eigenvalue weighted by Gasteiger charge is 2.69. The molecule has 0 spiro atoms. The Labute approximate surface area is 253 Å². The van der Waals surface area contributed by atoms with Gasteiger partial charge in [0.25, 0.3) is 5.91 Å². The molecule has 2 aromatic rings. The number of nitrogens with one attached hydrogen (secondary N) is 3. The van der Waals surface area contributed by atoms with E-state index >= 15 is 0 Å². The molecule has 5 atom stereocenters. The van der Waals surface area contributed by atoms with E-state index in [0.29, 0.717) is 18.0 Å². The lowest BCUT2D eigenvalue weighted by molar-refractivity contribution is -0.144. The lowest BCUT2D eigenvalue weighted by Crippen LogP contribution is -2.60. The number of H-pyrrole nitrogens is 1. The number of fused-ring (bicyclic) bond motifs is 2. The number of Topliss-reactive ketones (excluding diaryl/α,β-unsaturated/α-hetero) is 1. The number of carbonyl (C=O) groups is 4. The van der Waals surface area contributed by atoms with Gasteiger partial charge in [-0.3, -0.25) is 19.2 Å². The summed E-state index contributed by atoms with van der Waals surface area (Å²) >= 11 is 0. The zero-order valence-electron chi connectivity index (χ0n) is 26.2. The molecule has 2 saturated carbocycles. The van der Waals surface area contributed by atoms with Crippen molar-refractivity contribution in [2.24, 2.45) is 28.6 Å². The van der Waals surface area contributed by atoms with E-state index in [0.717, 1.165) is 43.0 Å². The van der Waals surface area contributed by atoms with Crippen molar-refractivity contribution in [3.05, 3.63) is 30.0 Å². The van der Waals surface area contributed by atoms with Crippen LogP contribution in [-0.4, -0.2) is 76.9 Å². The predicted molar refractivity (Wildman–Crippen MR) is 162 cm³/mol. The van der Waals surface area contributed by atoms with Crippen molar-refractivity contribution in [3.8, 4) is 5.75 Å². The van der Waals surface area contributed by atoms with E-state index in [1.807, 2.05) is 39.0 Å². The number of likely N-dealkylation sites (tertiary alicyclic amines) is 1. The first kappa shape index (κ1) is 31.0. The van der Waals surface area contributed by atoms with Gasteiger partial charge in [0.15, 0.2) is 5.78 Å². The zero-order chi connectivity index (χ0) is 31.3. The first-order chi connectivity index (χ1) is 20.3. The molecule has 4 N–H and O–H groups in total. The highest BCUT2D eigenvalue weighted by molar-refractivity contribution is 6.02. The lowest BCUT2D eigenvalue weighted by atomic mass is 9.82. The molecule has 1 saturated heterocycles. The van der Waals surface area contributed by atoms with Gasteiger partial charge in [-0.05, 0) is 59.6 Å². The molecule has 0 bridgehead atoms. The Hall–Kier alpha value is -3.40. The van der Waals surface area contributed by atoms with Crippen molar-refractivity contribution in [1.29, 1.82) is 0 Å². The molecule has 1 aliphatic heterocycles. The molecule has 1 aromatic carbocycles. The maximum Gasteiger partial charge on any atom is 0.268 e. The Morgan fingerprint density at radius 3 is 2.44 bits per heavy atom. The van der Waals surface area contributed by atoms with Gasteiger partial charge in [-0.1, -0.05) is 59.9 Å². The fraction of sp³-hybridized carbons (Fsp3) is 0.636. The van der Waals surface area contributed by atoms with Crippen LogP contribution in [-0.2, 0) is 14.4 Å². The fourth-order valence-corrected chi connectivity index (χ4v) is 7.59. The maximum atomic E-state index is 14.4. The summed E-state index contributed by atoms with van der Waals surface area (Å²) < 4.78 is 5.45. The fourth-order valence-electron chi connectivity index (χ4n) is 7.59. The summed E-state index contributed by atoms with van der Waals surface area (Å²) in [6.45, 7) is 9.46. The molecule has 3 fully saturated rings. The summed E-state index contributed by atoms with van der Waals surface area (Å²) in [6, 6.07) is 4.84. The number of hydrogen-bond donors (Lipinski definition) is 4. The van der Waals surface area contributed by atoms with Gasteiger partial charge in [0, 0.05) is 17.4 Å². The topological polar surface area (TPSA) is 141 Å². The Kier molecular flexibility index (Phi) is 8.37. The first-order valence-corrected chi connectivity index (χ1v) is 15.5. The molecule has 3 amide bonds. The average molecular weight is 595 g/mol. The molecule has 0 unspecified atom stereocenters. The van der Waals surface area contributed by atoms with Crippen molar-refractivity contribution in [3.63, 3.8) is 0 Å². The Balaban J connectivity index is 1.42. The molecular formula is C33H46N4O6. The number of piperidine rings is 1. The molecule has 10 nitrogen and oxygen atoms in total. The van der Waals surface area contributed by atoms with Gasteiger partial charge in [0.2, 0.25) is 11.8 Å². The van der Waals surface area contributed by atoms with Crippen LogP contribution in [0.2, 0.25) is 0 Å². The van der Waals surface area contributed by atoms with Crippen molar-refractivity contribution in [2.75, 3.05) is 20.3 Å². The molecule has 1 aromatic heterocycles. The zero-order valence-corrected chi connectivity index (χ0v) is 26.2. The number of carbonyl (C=O) groups excluding carboxylic acids is 4. The SMILES string of the molecule is COc1cccc2[nH]c(C(=O)N[C@H](C(=O)N3C[C@H]4[C@@H]([C@H]3C(=O)N[C@H](C(=O)CO)C(C)(C)C)C4(C)C)C3CCCCC3)cc12. The van der Waals surface area contributed by atoms with E-state index in [2.05, 4.69) is 29.5 Å². The van der Waals surface area contributed by atoms with E-state index in [1.54, 1.807) is 18.1 Å². The molecule has 3 aliphatic rings. The maximum absolute atomic E-state index is 14.4. The molecule has 10 heteroatoms. The van der Waals surface area contributed by atoms with Crippen LogP contribution in [0.15, 0.2) is 24.3 Å². The number of aliphatic hydroxyl groups excluding tert-OH is 1. The minimum absolute atomic E-state index is 0.0453. The number of ketones is 1. The number of hydrogen-bond acceptors (Lipinski definition) is 6. The smallest absolute Gasteiger partial charge is 0.268 e. The van der Waals surface area contributed by atoms with Crippen molar-refractivity contribution < 1.29 is 29.0 Å². The highest BCUT2D eigenvalue weighted by Crippen LogP contribution is 2.65. The number of aliphatic hydroxyl groups is 1. The Morgan fingerprint density at radius 1 is 1.12 bits per heavy atom. The normalized spacial score (nSPS) is 24.6. The molecule has 2 aliphatic carbocycles. The molecule has 0 radical (unpaired) electrons. The Morgan fingerprint density at radius 2 is 1.81 bits per heavy atom. The van der Waals surface area contributed by atoms with Gasteiger partial charge >= 0.3 is 0 Å². The largest absolute Gasteiger partial charge is 0.496 e. The van der Waals surface area contributed by atoms with E-state index in [4.69, 9.17) is 4.74 Å². The summed E-state index contributed by atoms with van der Waals surface area (Å²) in [7, 11) is 1.58. The lowest BCUT2D eigenvalue weighted by Gasteiger charge is -2.38. The second kappa shape index (κ2) is 11.6. The van der Waals surface area contributed by atoms with Crippen molar-refractivity contribution >= 4 is 34.4 Å². The van der Waals surface area contributed by atoms with Crippen LogP contribution in [0, 0.1) is 28.6 Å². The minimum Gasteiger partial charge on any atom is -0.496 e. The van der Waals surface area contributed by atoms with E-state index < -0.39 is 35.9 Å². The number of ether oxygens (including phenoxy) is 1. The van der Waals surface area contributed by atoms with Gasteiger partial charge in [-0.15, -0.1) is 0 Å². The van der Waals surface area contributed by atoms with Crippen molar-refractivity contribution in [1.82, 2.24) is 20.5 Å². The van der Waals surface area contributed by atoms with Gasteiger partial charge in [0.05, 0.1) is 13.2 Å². The van der Waals surface area contributed by atoms with Crippen LogP contribution < -0.4 is 15.4 Å². The highest BCUT2D eigenvalue weighted by atomic mass is 16.5. The summed E-state index contributed by atoms with van der Waals surface area (Å²) in [4.78, 5) is 59.4. The number of aromatic nitrogens is 1. The van der Waals surface area contributed by atoms with Gasteiger partial charge < -0.3 is 30.4 Å². The van der Waals surface area contributed by atoms with Crippen molar-refractivity contribution in [2.45, 2.75) is 84.8 Å². The molecular weight excluding hydrogens is 548 g/mol. The van der Waals surface area contributed by atoms with E-state index in [-0.39, 0.29) is 40.9 Å². The predicted octanol–water partition coefficient (Wildman–Crippen LogP) is 3.43. The van der Waals surface area contributed by atoms with Gasteiger partial charge in [-0.25, -0.2) is 0 Å². The summed E-state index contributed by atoms with van der Waals surface area (Å²) in [5.41, 5.74) is 0.351.